The van der Waals surface area contributed by atoms with E-state index in [2.05, 4.69) is 5.10 Å². The van der Waals surface area contributed by atoms with E-state index >= 15 is 0 Å². The van der Waals surface area contributed by atoms with Gasteiger partial charge in [0.1, 0.15) is 16.7 Å². The van der Waals surface area contributed by atoms with Crippen LogP contribution in [0, 0.1) is 18.6 Å². The van der Waals surface area contributed by atoms with Gasteiger partial charge in [-0.15, -0.1) is 0 Å². The van der Waals surface area contributed by atoms with Gasteiger partial charge in [0.25, 0.3) is 0 Å². The van der Waals surface area contributed by atoms with Crippen LogP contribution in [0.2, 0.25) is 5.15 Å². The molecule has 0 N–H and O–H groups in total. The summed E-state index contributed by atoms with van der Waals surface area (Å²) in [7, 11) is 0. The van der Waals surface area contributed by atoms with Gasteiger partial charge < -0.3 is 0 Å². The number of halogens is 3. The van der Waals surface area contributed by atoms with Gasteiger partial charge >= 0.3 is 0 Å². The third kappa shape index (κ3) is 2.12. The molecular weight excluding hydrogens is 258 g/mol. The summed E-state index contributed by atoms with van der Waals surface area (Å²) >= 11 is 6.21. The summed E-state index contributed by atoms with van der Waals surface area (Å²) in [5, 5.41) is 4.58. The Balaban J connectivity index is 2.62. The van der Waals surface area contributed by atoms with Crippen molar-refractivity contribution < 1.29 is 8.78 Å². The van der Waals surface area contributed by atoms with Gasteiger partial charge in [0.05, 0.1) is 5.69 Å². The van der Waals surface area contributed by atoms with Crippen molar-refractivity contribution in [2.24, 2.45) is 0 Å². The molecule has 5 heteroatoms. The maximum Gasteiger partial charge on any atom is 0.151 e. The average molecular weight is 271 g/mol. The molecule has 0 fully saturated rings. The van der Waals surface area contributed by atoms with Crippen LogP contribution in [0.5, 0.6) is 0 Å². The summed E-state index contributed by atoms with van der Waals surface area (Å²) in [5.74, 6) is -1.12. The van der Waals surface area contributed by atoms with Gasteiger partial charge in [0, 0.05) is 11.6 Å². The number of nitrogens with zero attached hydrogens (tertiary/aromatic N) is 2. The zero-order chi connectivity index (χ0) is 13.4. The summed E-state index contributed by atoms with van der Waals surface area (Å²) in [6, 6.07) is 3.33. The van der Waals surface area contributed by atoms with Gasteiger partial charge in [0.2, 0.25) is 0 Å². The molecule has 0 aliphatic carbocycles. The molecule has 0 bridgehead atoms. The van der Waals surface area contributed by atoms with Crippen molar-refractivity contribution >= 4 is 11.6 Å². The Bertz CT molecular complexity index is 591. The van der Waals surface area contributed by atoms with Crippen LogP contribution in [0.3, 0.4) is 0 Å². The first kappa shape index (κ1) is 13.0. The van der Waals surface area contributed by atoms with Crippen LogP contribution in [-0.4, -0.2) is 9.78 Å². The molecule has 0 unspecified atom stereocenters. The Morgan fingerprint density at radius 3 is 2.44 bits per heavy atom. The molecule has 1 heterocycles. The topological polar surface area (TPSA) is 17.8 Å². The molecule has 1 aromatic carbocycles. The lowest BCUT2D eigenvalue weighted by Gasteiger charge is -2.06. The molecule has 0 saturated carbocycles. The standard InChI is InChI=1S/C13H13ClF2N2/c1-7(2)12-8(3)17-18(13(12)14)11-5-4-9(15)6-10(11)16/h4-7H,1-3H3. The van der Waals surface area contributed by atoms with Crippen LogP contribution in [-0.2, 0) is 0 Å². The lowest BCUT2D eigenvalue weighted by Crippen LogP contribution is -2.01. The van der Waals surface area contributed by atoms with Crippen molar-refractivity contribution in [2.75, 3.05) is 0 Å². The van der Waals surface area contributed by atoms with Gasteiger partial charge in [-0.3, -0.25) is 0 Å². The third-order valence-corrected chi connectivity index (χ3v) is 3.13. The van der Waals surface area contributed by atoms with Crippen molar-refractivity contribution in [3.8, 4) is 5.69 Å². The molecular formula is C13H13ClF2N2. The number of rotatable bonds is 2. The molecule has 0 amide bonds. The van der Waals surface area contributed by atoms with Crippen molar-refractivity contribution in [3.63, 3.8) is 0 Å². The van der Waals surface area contributed by atoms with E-state index in [1.807, 2.05) is 20.8 Å². The maximum atomic E-state index is 13.7. The molecule has 18 heavy (non-hydrogen) atoms. The Labute approximate surface area is 109 Å². The molecule has 2 rings (SSSR count). The summed E-state index contributed by atoms with van der Waals surface area (Å²) in [5.41, 5.74) is 1.77. The van der Waals surface area contributed by atoms with E-state index in [4.69, 9.17) is 11.6 Å². The molecule has 2 nitrogen and oxygen atoms in total. The second-order valence-electron chi connectivity index (χ2n) is 4.45. The number of aryl methyl sites for hydroxylation is 1. The van der Waals surface area contributed by atoms with Crippen LogP contribution in [0.1, 0.15) is 31.0 Å². The fourth-order valence-electron chi connectivity index (χ4n) is 1.98. The predicted molar refractivity (Wildman–Crippen MR) is 67.3 cm³/mol. The minimum absolute atomic E-state index is 0.149. The Morgan fingerprint density at radius 2 is 1.94 bits per heavy atom. The number of hydrogen-bond acceptors (Lipinski definition) is 1. The Morgan fingerprint density at radius 1 is 1.28 bits per heavy atom. The highest BCUT2D eigenvalue weighted by Gasteiger charge is 2.19. The van der Waals surface area contributed by atoms with Gasteiger partial charge in [-0.1, -0.05) is 25.4 Å². The third-order valence-electron chi connectivity index (χ3n) is 2.76. The van der Waals surface area contributed by atoms with E-state index in [0.717, 1.165) is 17.3 Å². The fourth-order valence-corrected chi connectivity index (χ4v) is 2.46. The first-order chi connectivity index (χ1) is 8.41. The second-order valence-corrected chi connectivity index (χ2v) is 4.81. The molecule has 2 aromatic rings. The van der Waals surface area contributed by atoms with Gasteiger partial charge in [-0.05, 0) is 25.0 Å². The largest absolute Gasteiger partial charge is 0.219 e. The van der Waals surface area contributed by atoms with Crippen molar-refractivity contribution in [3.05, 3.63) is 46.2 Å². The monoisotopic (exact) mass is 270 g/mol. The lowest BCUT2D eigenvalue weighted by molar-refractivity contribution is 0.573. The first-order valence-corrected chi connectivity index (χ1v) is 6.00. The first-order valence-electron chi connectivity index (χ1n) is 5.62. The molecule has 0 saturated heterocycles. The SMILES string of the molecule is Cc1nn(-c2ccc(F)cc2F)c(Cl)c1C(C)C. The van der Waals surface area contributed by atoms with Crippen LogP contribution in [0.4, 0.5) is 8.78 Å². The van der Waals surface area contributed by atoms with E-state index < -0.39 is 11.6 Å². The van der Waals surface area contributed by atoms with E-state index in [1.165, 1.54) is 16.8 Å². The Hall–Kier alpha value is -1.42. The summed E-state index contributed by atoms with van der Waals surface area (Å²) < 4.78 is 27.9. The van der Waals surface area contributed by atoms with Crippen LogP contribution >= 0.6 is 11.6 Å². The minimum Gasteiger partial charge on any atom is -0.219 e. The number of aromatic nitrogens is 2. The number of benzene rings is 1. The molecule has 0 spiro atoms. The fraction of sp³-hybridized carbons (Fsp3) is 0.308. The highest BCUT2D eigenvalue weighted by atomic mass is 35.5. The molecule has 0 radical (unpaired) electrons. The van der Waals surface area contributed by atoms with E-state index in [9.17, 15) is 8.78 Å². The van der Waals surface area contributed by atoms with Crippen molar-refractivity contribution in [2.45, 2.75) is 26.7 Å². The maximum absolute atomic E-state index is 13.7. The van der Waals surface area contributed by atoms with E-state index in [0.29, 0.717) is 5.15 Å². The zero-order valence-corrected chi connectivity index (χ0v) is 11.1. The second kappa shape index (κ2) is 4.69. The average Bonchev–Trinajstić information content (AvgIpc) is 2.54. The van der Waals surface area contributed by atoms with Crippen LogP contribution in [0.15, 0.2) is 18.2 Å². The summed E-state index contributed by atoms with van der Waals surface area (Å²) in [4.78, 5) is 0. The van der Waals surface area contributed by atoms with Crippen molar-refractivity contribution in [1.82, 2.24) is 9.78 Å². The highest BCUT2D eigenvalue weighted by Crippen LogP contribution is 2.30. The summed E-state index contributed by atoms with van der Waals surface area (Å²) in [6.45, 7) is 5.79. The quantitative estimate of drug-likeness (QED) is 0.798. The van der Waals surface area contributed by atoms with Crippen LogP contribution in [0.25, 0.3) is 5.69 Å². The minimum atomic E-state index is -0.685. The molecule has 96 valence electrons. The normalized spacial score (nSPS) is 11.3. The number of hydrogen-bond donors (Lipinski definition) is 0. The molecule has 1 aromatic heterocycles. The van der Waals surface area contributed by atoms with Gasteiger partial charge in [-0.25, -0.2) is 13.5 Å². The Kier molecular flexibility index (Phi) is 3.39. The molecule has 0 aliphatic rings. The predicted octanol–water partition coefficient (Wildman–Crippen LogP) is 4.24. The smallest absolute Gasteiger partial charge is 0.151 e. The van der Waals surface area contributed by atoms with Crippen molar-refractivity contribution in [1.29, 1.82) is 0 Å². The molecule has 0 atom stereocenters. The van der Waals surface area contributed by atoms with E-state index in [-0.39, 0.29) is 11.6 Å². The summed E-state index contributed by atoms with van der Waals surface area (Å²) in [6.07, 6.45) is 0. The van der Waals surface area contributed by atoms with Gasteiger partial charge in [0.15, 0.2) is 5.82 Å². The van der Waals surface area contributed by atoms with Gasteiger partial charge in [-0.2, -0.15) is 5.10 Å². The highest BCUT2D eigenvalue weighted by molar-refractivity contribution is 6.30. The zero-order valence-electron chi connectivity index (χ0n) is 10.3. The van der Waals surface area contributed by atoms with Crippen LogP contribution < -0.4 is 0 Å². The lowest BCUT2D eigenvalue weighted by atomic mass is 10.1. The van der Waals surface area contributed by atoms with E-state index in [1.54, 1.807) is 0 Å². The molecule has 0 aliphatic heterocycles.